The predicted molar refractivity (Wildman–Crippen MR) is 115 cm³/mol. The van der Waals surface area contributed by atoms with Gasteiger partial charge in [-0.1, -0.05) is 23.7 Å². The van der Waals surface area contributed by atoms with Gasteiger partial charge in [-0.15, -0.1) is 0 Å². The number of rotatable bonds is 7. The molecule has 0 fully saturated rings. The standard InChI is InChI=1S/C22H17ClF3N5O2/c23-17-4-6-19(7-5-17)33-14-30-9-8-20(29-30)21(32)28-18-11-27-31(13-18)12-15-2-1-3-16(10-15)22(24,25)26/h1-11,13H,12,14H2,(H,28,32). The smallest absolute Gasteiger partial charge is 0.416 e. The normalized spacial score (nSPS) is 11.4. The number of anilines is 1. The van der Waals surface area contributed by atoms with Crippen LogP contribution in [0.2, 0.25) is 5.02 Å². The number of aromatic nitrogens is 4. The lowest BCUT2D eigenvalue weighted by molar-refractivity contribution is -0.137. The third kappa shape index (κ3) is 5.92. The summed E-state index contributed by atoms with van der Waals surface area (Å²) in [6, 6.07) is 13.4. The summed E-state index contributed by atoms with van der Waals surface area (Å²) in [6.07, 6.45) is 0.120. The summed E-state index contributed by atoms with van der Waals surface area (Å²) in [5, 5.41) is 11.5. The maximum absolute atomic E-state index is 12.9. The molecule has 0 aliphatic heterocycles. The van der Waals surface area contributed by atoms with E-state index in [1.54, 1.807) is 36.5 Å². The van der Waals surface area contributed by atoms with Gasteiger partial charge in [0.1, 0.15) is 5.75 Å². The van der Waals surface area contributed by atoms with E-state index in [1.807, 2.05) is 0 Å². The minimum absolute atomic E-state index is 0.101. The lowest BCUT2D eigenvalue weighted by atomic mass is 10.1. The highest BCUT2D eigenvalue weighted by Gasteiger charge is 2.30. The molecule has 170 valence electrons. The molecule has 33 heavy (non-hydrogen) atoms. The summed E-state index contributed by atoms with van der Waals surface area (Å²) in [7, 11) is 0. The second-order valence-corrected chi connectivity index (χ2v) is 7.48. The fourth-order valence-corrected chi connectivity index (χ4v) is 3.09. The van der Waals surface area contributed by atoms with Crippen LogP contribution in [-0.4, -0.2) is 25.5 Å². The third-order valence-electron chi connectivity index (χ3n) is 4.54. The van der Waals surface area contributed by atoms with E-state index in [0.29, 0.717) is 22.0 Å². The quantitative estimate of drug-likeness (QED) is 0.404. The topological polar surface area (TPSA) is 74.0 Å². The van der Waals surface area contributed by atoms with Crippen LogP contribution in [0.15, 0.2) is 73.2 Å². The Bertz CT molecular complexity index is 1250. The van der Waals surface area contributed by atoms with Gasteiger partial charge in [-0.05, 0) is 48.0 Å². The molecule has 1 N–H and O–H groups in total. The van der Waals surface area contributed by atoms with E-state index in [0.717, 1.165) is 12.1 Å². The number of nitrogens with one attached hydrogen (secondary N) is 1. The molecule has 0 aliphatic carbocycles. The first kappa shape index (κ1) is 22.4. The van der Waals surface area contributed by atoms with Gasteiger partial charge in [-0.3, -0.25) is 9.48 Å². The number of carbonyl (C=O) groups is 1. The Kier molecular flexibility index (Phi) is 6.36. The van der Waals surface area contributed by atoms with Crippen LogP contribution in [0.5, 0.6) is 5.75 Å². The van der Waals surface area contributed by atoms with E-state index in [-0.39, 0.29) is 19.0 Å². The molecule has 1 amide bonds. The first-order valence-corrected chi connectivity index (χ1v) is 10.1. The lowest BCUT2D eigenvalue weighted by Gasteiger charge is -2.08. The van der Waals surface area contributed by atoms with Crippen molar-refractivity contribution in [2.45, 2.75) is 19.5 Å². The number of alkyl halides is 3. The average Bonchev–Trinajstić information content (AvgIpc) is 3.43. The summed E-state index contributed by atoms with van der Waals surface area (Å²) >= 11 is 5.83. The number of ether oxygens (including phenoxy) is 1. The number of nitrogens with zero attached hydrogens (tertiary/aromatic N) is 4. The molecule has 2 aromatic carbocycles. The molecule has 7 nitrogen and oxygen atoms in total. The van der Waals surface area contributed by atoms with Gasteiger partial charge in [0, 0.05) is 17.4 Å². The van der Waals surface area contributed by atoms with Crippen molar-refractivity contribution < 1.29 is 22.7 Å². The van der Waals surface area contributed by atoms with Crippen molar-refractivity contribution in [3.05, 3.63) is 95.0 Å². The van der Waals surface area contributed by atoms with E-state index >= 15 is 0 Å². The van der Waals surface area contributed by atoms with Crippen molar-refractivity contribution in [2.24, 2.45) is 0 Å². The van der Waals surface area contributed by atoms with Gasteiger partial charge >= 0.3 is 6.18 Å². The van der Waals surface area contributed by atoms with Crippen molar-refractivity contribution >= 4 is 23.2 Å². The van der Waals surface area contributed by atoms with E-state index < -0.39 is 17.6 Å². The fourth-order valence-electron chi connectivity index (χ4n) is 2.97. The van der Waals surface area contributed by atoms with Crippen molar-refractivity contribution in [1.82, 2.24) is 19.6 Å². The van der Waals surface area contributed by atoms with E-state index in [1.165, 1.54) is 33.9 Å². The maximum atomic E-state index is 12.9. The molecule has 0 atom stereocenters. The molecular weight excluding hydrogens is 459 g/mol. The zero-order chi connectivity index (χ0) is 23.4. The Morgan fingerprint density at radius 3 is 2.64 bits per heavy atom. The van der Waals surface area contributed by atoms with Crippen LogP contribution in [0.25, 0.3) is 0 Å². The van der Waals surface area contributed by atoms with Crippen molar-refractivity contribution in [3.8, 4) is 5.75 Å². The zero-order valence-electron chi connectivity index (χ0n) is 17.0. The summed E-state index contributed by atoms with van der Waals surface area (Å²) in [6.45, 7) is 0.223. The molecule has 4 rings (SSSR count). The number of hydrogen-bond acceptors (Lipinski definition) is 4. The molecule has 2 heterocycles. The number of carbonyl (C=O) groups excluding carboxylic acids is 1. The van der Waals surface area contributed by atoms with Gasteiger partial charge in [0.25, 0.3) is 5.91 Å². The first-order valence-electron chi connectivity index (χ1n) is 9.68. The lowest BCUT2D eigenvalue weighted by Crippen LogP contribution is -2.14. The van der Waals surface area contributed by atoms with Gasteiger partial charge < -0.3 is 10.1 Å². The van der Waals surface area contributed by atoms with Crippen LogP contribution in [0.3, 0.4) is 0 Å². The number of hydrogen-bond donors (Lipinski definition) is 1. The third-order valence-corrected chi connectivity index (χ3v) is 4.79. The van der Waals surface area contributed by atoms with Crippen molar-refractivity contribution in [3.63, 3.8) is 0 Å². The Morgan fingerprint density at radius 1 is 1.09 bits per heavy atom. The van der Waals surface area contributed by atoms with Crippen LogP contribution in [0.1, 0.15) is 21.6 Å². The molecule has 0 saturated heterocycles. The number of halogens is 4. The zero-order valence-corrected chi connectivity index (χ0v) is 17.7. The molecule has 0 saturated carbocycles. The fraction of sp³-hybridized carbons (Fsp3) is 0.136. The van der Waals surface area contributed by atoms with Gasteiger partial charge in [0.15, 0.2) is 12.4 Å². The first-order chi connectivity index (χ1) is 15.8. The Hall–Kier alpha value is -3.79. The maximum Gasteiger partial charge on any atom is 0.416 e. The van der Waals surface area contributed by atoms with E-state index in [2.05, 4.69) is 15.5 Å². The summed E-state index contributed by atoms with van der Waals surface area (Å²) in [5.74, 6) is 0.146. The van der Waals surface area contributed by atoms with Crippen molar-refractivity contribution in [1.29, 1.82) is 0 Å². The van der Waals surface area contributed by atoms with Crippen LogP contribution in [0, 0.1) is 0 Å². The summed E-state index contributed by atoms with van der Waals surface area (Å²) < 4.78 is 47.1. The molecule has 4 aromatic rings. The molecule has 0 spiro atoms. The van der Waals surface area contributed by atoms with E-state index in [9.17, 15) is 18.0 Å². The number of benzene rings is 2. The Balaban J connectivity index is 1.34. The second-order valence-electron chi connectivity index (χ2n) is 7.05. The predicted octanol–water partition coefficient (Wildman–Crippen LogP) is 5.09. The minimum atomic E-state index is -4.41. The van der Waals surface area contributed by atoms with Crippen LogP contribution >= 0.6 is 11.6 Å². The Labute approximate surface area is 191 Å². The van der Waals surface area contributed by atoms with Crippen LogP contribution in [0.4, 0.5) is 18.9 Å². The molecule has 0 radical (unpaired) electrons. The summed E-state index contributed by atoms with van der Waals surface area (Å²) in [5.41, 5.74) is 0.265. The summed E-state index contributed by atoms with van der Waals surface area (Å²) in [4.78, 5) is 12.5. The molecular formula is C22H17ClF3N5O2. The largest absolute Gasteiger partial charge is 0.471 e. The molecule has 2 aromatic heterocycles. The molecule has 0 unspecified atom stereocenters. The van der Waals surface area contributed by atoms with Gasteiger partial charge in [0.05, 0.1) is 24.0 Å². The SMILES string of the molecule is O=C(Nc1cnn(Cc2cccc(C(F)(F)F)c2)c1)c1ccn(COc2ccc(Cl)cc2)n1. The average molecular weight is 476 g/mol. The van der Waals surface area contributed by atoms with Crippen molar-refractivity contribution in [2.75, 3.05) is 5.32 Å². The highest BCUT2D eigenvalue weighted by atomic mass is 35.5. The van der Waals surface area contributed by atoms with Gasteiger partial charge in [-0.25, -0.2) is 4.68 Å². The van der Waals surface area contributed by atoms with E-state index in [4.69, 9.17) is 16.3 Å². The number of amides is 1. The molecule has 0 bridgehead atoms. The van der Waals surface area contributed by atoms with Crippen LogP contribution < -0.4 is 10.1 Å². The van der Waals surface area contributed by atoms with Crippen LogP contribution in [-0.2, 0) is 19.5 Å². The highest BCUT2D eigenvalue weighted by molar-refractivity contribution is 6.30. The second kappa shape index (κ2) is 9.37. The Morgan fingerprint density at radius 2 is 1.88 bits per heavy atom. The highest BCUT2D eigenvalue weighted by Crippen LogP contribution is 2.29. The minimum Gasteiger partial charge on any atom is -0.471 e. The molecule has 0 aliphatic rings. The van der Waals surface area contributed by atoms with Gasteiger partial charge in [-0.2, -0.15) is 23.4 Å². The monoisotopic (exact) mass is 475 g/mol. The molecule has 11 heteroatoms. The van der Waals surface area contributed by atoms with Gasteiger partial charge in [0.2, 0.25) is 0 Å².